The van der Waals surface area contributed by atoms with Gasteiger partial charge in [-0.15, -0.1) is 0 Å². The molecule has 1 saturated carbocycles. The number of nitrogens with zero attached hydrogens (tertiary/aromatic N) is 2. The lowest BCUT2D eigenvalue weighted by atomic mass is 10.1. The zero-order valence-corrected chi connectivity index (χ0v) is 12.3. The molecular formula is C15H28N2O2. The van der Waals surface area contributed by atoms with E-state index < -0.39 is 0 Å². The van der Waals surface area contributed by atoms with Crippen molar-refractivity contribution >= 4 is 5.97 Å². The molecule has 0 spiro atoms. The first-order valence-corrected chi connectivity index (χ1v) is 7.83. The number of carbonyl (C=O) groups excluding carboxylic acids is 1. The molecule has 4 nitrogen and oxygen atoms in total. The van der Waals surface area contributed by atoms with Crippen molar-refractivity contribution in [2.75, 3.05) is 39.8 Å². The van der Waals surface area contributed by atoms with E-state index >= 15 is 0 Å². The third kappa shape index (κ3) is 4.77. The van der Waals surface area contributed by atoms with Crippen LogP contribution in [0.2, 0.25) is 0 Å². The highest BCUT2D eigenvalue weighted by Gasteiger charge is 2.25. The number of rotatable bonds is 6. The van der Waals surface area contributed by atoms with E-state index in [1.165, 1.54) is 65.1 Å². The van der Waals surface area contributed by atoms with Crippen molar-refractivity contribution in [3.63, 3.8) is 0 Å². The Balaban J connectivity index is 1.79. The molecule has 0 aromatic carbocycles. The summed E-state index contributed by atoms with van der Waals surface area (Å²) in [7, 11) is 1.49. The molecule has 110 valence electrons. The van der Waals surface area contributed by atoms with Crippen LogP contribution in [0.4, 0.5) is 0 Å². The quantitative estimate of drug-likeness (QED) is 0.689. The Labute approximate surface area is 117 Å². The fourth-order valence-electron chi connectivity index (χ4n) is 3.34. The van der Waals surface area contributed by atoms with E-state index in [0.717, 1.165) is 13.1 Å². The molecule has 4 heteroatoms. The highest BCUT2D eigenvalue weighted by molar-refractivity contribution is 5.71. The molecule has 0 atom stereocenters. The lowest BCUT2D eigenvalue weighted by Gasteiger charge is -2.32. The van der Waals surface area contributed by atoms with E-state index in [1.54, 1.807) is 0 Å². The first-order chi connectivity index (χ1) is 9.29. The van der Waals surface area contributed by atoms with Gasteiger partial charge in [0.25, 0.3) is 0 Å². The fourth-order valence-corrected chi connectivity index (χ4v) is 3.34. The van der Waals surface area contributed by atoms with E-state index in [0.29, 0.717) is 12.6 Å². The summed E-state index contributed by atoms with van der Waals surface area (Å²) in [5, 5.41) is 0. The summed E-state index contributed by atoms with van der Waals surface area (Å²) in [6, 6.07) is 0.601. The van der Waals surface area contributed by atoms with Gasteiger partial charge in [-0.2, -0.15) is 0 Å². The summed E-state index contributed by atoms with van der Waals surface area (Å²) < 4.78 is 4.84. The van der Waals surface area contributed by atoms with Gasteiger partial charge in [0, 0.05) is 19.1 Å². The monoisotopic (exact) mass is 268 g/mol. The lowest BCUT2D eigenvalue weighted by molar-refractivity contribution is -0.142. The minimum atomic E-state index is -0.0921. The van der Waals surface area contributed by atoms with E-state index in [4.69, 9.17) is 4.74 Å². The molecule has 0 bridgehead atoms. The Morgan fingerprint density at radius 3 is 2.47 bits per heavy atom. The van der Waals surface area contributed by atoms with E-state index in [2.05, 4.69) is 9.80 Å². The summed E-state index contributed by atoms with van der Waals surface area (Å²) >= 11 is 0. The third-order valence-corrected chi connectivity index (χ3v) is 4.55. The minimum Gasteiger partial charge on any atom is -0.468 e. The maximum Gasteiger partial charge on any atom is 0.319 e. The first-order valence-electron chi connectivity index (χ1n) is 7.83. The van der Waals surface area contributed by atoms with Gasteiger partial charge in [-0.3, -0.25) is 9.69 Å². The van der Waals surface area contributed by atoms with Gasteiger partial charge in [0.05, 0.1) is 13.7 Å². The highest BCUT2D eigenvalue weighted by atomic mass is 16.5. The molecule has 0 radical (unpaired) electrons. The molecule has 2 fully saturated rings. The lowest BCUT2D eigenvalue weighted by Crippen LogP contribution is -2.44. The molecule has 2 rings (SSSR count). The van der Waals surface area contributed by atoms with Crippen LogP contribution < -0.4 is 0 Å². The van der Waals surface area contributed by atoms with Crippen molar-refractivity contribution in [1.29, 1.82) is 0 Å². The molecule has 0 aromatic rings. The fraction of sp³-hybridized carbons (Fsp3) is 0.933. The molecule has 1 heterocycles. The van der Waals surface area contributed by atoms with Crippen LogP contribution in [-0.2, 0) is 9.53 Å². The van der Waals surface area contributed by atoms with Gasteiger partial charge in [-0.05, 0) is 38.8 Å². The van der Waals surface area contributed by atoms with Crippen molar-refractivity contribution in [3.05, 3.63) is 0 Å². The van der Waals surface area contributed by atoms with Gasteiger partial charge in [0.2, 0.25) is 0 Å². The summed E-state index contributed by atoms with van der Waals surface area (Å²) in [5.74, 6) is -0.0921. The van der Waals surface area contributed by atoms with Crippen molar-refractivity contribution in [2.24, 2.45) is 0 Å². The predicted octanol–water partition coefficient (Wildman–Crippen LogP) is 1.89. The van der Waals surface area contributed by atoms with Crippen molar-refractivity contribution < 1.29 is 9.53 Å². The molecule has 0 N–H and O–H groups in total. The van der Waals surface area contributed by atoms with Crippen LogP contribution in [0.5, 0.6) is 0 Å². The standard InChI is InChI=1S/C15H28N2O2/c1-19-15(18)13-17(14-7-3-4-8-14)12-11-16-9-5-2-6-10-16/h14H,2-13H2,1H3. The van der Waals surface area contributed by atoms with Gasteiger partial charge < -0.3 is 9.64 Å². The van der Waals surface area contributed by atoms with Crippen LogP contribution in [0.1, 0.15) is 44.9 Å². The zero-order valence-electron chi connectivity index (χ0n) is 12.3. The van der Waals surface area contributed by atoms with Gasteiger partial charge in [0.15, 0.2) is 0 Å². The molecular weight excluding hydrogens is 240 g/mol. The smallest absolute Gasteiger partial charge is 0.319 e. The van der Waals surface area contributed by atoms with Gasteiger partial charge in [-0.1, -0.05) is 19.3 Å². The molecule has 19 heavy (non-hydrogen) atoms. The number of hydrogen-bond acceptors (Lipinski definition) is 4. The second-order valence-electron chi connectivity index (χ2n) is 5.89. The number of methoxy groups -OCH3 is 1. The molecule has 1 aliphatic carbocycles. The number of piperidine rings is 1. The third-order valence-electron chi connectivity index (χ3n) is 4.55. The Kier molecular flexibility index (Phi) is 6.11. The minimum absolute atomic E-state index is 0.0921. The number of esters is 1. The van der Waals surface area contributed by atoms with Crippen molar-refractivity contribution in [1.82, 2.24) is 9.80 Å². The highest BCUT2D eigenvalue weighted by Crippen LogP contribution is 2.23. The van der Waals surface area contributed by atoms with Crippen LogP contribution in [-0.4, -0.2) is 61.6 Å². The number of hydrogen-bond donors (Lipinski definition) is 0. The maximum atomic E-state index is 11.6. The average molecular weight is 268 g/mol. The van der Waals surface area contributed by atoms with Crippen molar-refractivity contribution in [2.45, 2.75) is 51.0 Å². The summed E-state index contributed by atoms with van der Waals surface area (Å²) in [6.45, 7) is 5.05. The average Bonchev–Trinajstić information content (AvgIpc) is 2.98. The van der Waals surface area contributed by atoms with E-state index in [-0.39, 0.29) is 5.97 Å². The molecule has 0 amide bonds. The van der Waals surface area contributed by atoms with Gasteiger partial charge in [-0.25, -0.2) is 0 Å². The Morgan fingerprint density at radius 2 is 1.84 bits per heavy atom. The van der Waals surface area contributed by atoms with Crippen molar-refractivity contribution in [3.8, 4) is 0 Å². The van der Waals surface area contributed by atoms with Crippen LogP contribution in [0.15, 0.2) is 0 Å². The second-order valence-corrected chi connectivity index (χ2v) is 5.89. The van der Waals surface area contributed by atoms with Crippen LogP contribution in [0, 0.1) is 0 Å². The second kappa shape index (κ2) is 7.85. The predicted molar refractivity (Wildman–Crippen MR) is 76.1 cm³/mol. The molecule has 2 aliphatic rings. The van der Waals surface area contributed by atoms with Crippen LogP contribution in [0.25, 0.3) is 0 Å². The summed E-state index contributed by atoms with van der Waals surface area (Å²) in [6.07, 6.45) is 9.16. The first kappa shape index (κ1) is 14.8. The number of carbonyl (C=O) groups is 1. The van der Waals surface area contributed by atoms with E-state index in [9.17, 15) is 4.79 Å². The van der Waals surface area contributed by atoms with Crippen LogP contribution in [0.3, 0.4) is 0 Å². The molecule has 1 saturated heterocycles. The van der Waals surface area contributed by atoms with Gasteiger partial charge >= 0.3 is 5.97 Å². The zero-order chi connectivity index (χ0) is 13.5. The number of ether oxygens (including phenoxy) is 1. The van der Waals surface area contributed by atoms with Gasteiger partial charge in [0.1, 0.15) is 0 Å². The number of likely N-dealkylation sites (tertiary alicyclic amines) is 1. The normalized spacial score (nSPS) is 22.0. The largest absolute Gasteiger partial charge is 0.468 e. The maximum absolute atomic E-state index is 11.6. The topological polar surface area (TPSA) is 32.8 Å². The summed E-state index contributed by atoms with van der Waals surface area (Å²) in [4.78, 5) is 16.5. The molecule has 0 unspecified atom stereocenters. The van der Waals surface area contributed by atoms with E-state index in [1.807, 2.05) is 0 Å². The summed E-state index contributed by atoms with van der Waals surface area (Å²) in [5.41, 5.74) is 0. The Morgan fingerprint density at radius 1 is 1.16 bits per heavy atom. The Hall–Kier alpha value is -0.610. The SMILES string of the molecule is COC(=O)CN(CCN1CCCCC1)C1CCCC1. The Bertz CT molecular complexity index is 271. The molecule has 0 aromatic heterocycles. The van der Waals surface area contributed by atoms with Crippen LogP contribution >= 0.6 is 0 Å². The molecule has 1 aliphatic heterocycles.